The molecule has 46 heavy (non-hydrogen) atoms. The van der Waals surface area contributed by atoms with E-state index in [1.165, 1.54) is 65.3 Å². The predicted octanol–water partition coefficient (Wildman–Crippen LogP) is 12.7. The van der Waals surface area contributed by atoms with E-state index in [4.69, 9.17) is 0 Å². The van der Waals surface area contributed by atoms with Gasteiger partial charge in [0.2, 0.25) is 0 Å². The normalized spacial score (nSPS) is 11.6. The first-order valence-corrected chi connectivity index (χ1v) is 15.5. The highest BCUT2D eigenvalue weighted by Crippen LogP contribution is 2.45. The van der Waals surface area contributed by atoms with Gasteiger partial charge in [-0.2, -0.15) is 0 Å². The van der Waals surface area contributed by atoms with E-state index in [2.05, 4.69) is 144 Å². The maximum Gasteiger partial charge on any atom is 0.172 e. The molecule has 0 N–H and O–H groups in total. The molecule has 216 valence electrons. The van der Waals surface area contributed by atoms with Crippen molar-refractivity contribution in [3.63, 3.8) is 0 Å². The minimum atomic E-state index is 0.207. The molecule has 0 amide bonds. The van der Waals surface area contributed by atoms with E-state index < -0.39 is 0 Å². The zero-order chi connectivity index (χ0) is 30.6. The molecule has 1 nitrogen and oxygen atoms in total. The first kappa shape index (κ1) is 26.4. The van der Waals surface area contributed by atoms with E-state index in [1.807, 2.05) is 12.1 Å². The second-order valence-electron chi connectivity index (χ2n) is 12.0. The lowest BCUT2D eigenvalue weighted by atomic mass is 9.84. The van der Waals surface area contributed by atoms with Gasteiger partial charge in [0, 0.05) is 4.53 Å². The Morgan fingerprint density at radius 1 is 0.304 bits per heavy atom. The van der Waals surface area contributed by atoms with Crippen LogP contribution in [0, 0.1) is 0 Å². The van der Waals surface area contributed by atoms with Crippen LogP contribution in [-0.2, 0) is 0 Å². The van der Waals surface area contributed by atoms with Crippen molar-refractivity contribution in [2.75, 3.05) is 0 Å². The Bertz CT molecular complexity index is 2630. The third kappa shape index (κ3) is 4.30. The van der Waals surface area contributed by atoms with Crippen molar-refractivity contribution in [3.05, 3.63) is 164 Å². The predicted molar refractivity (Wildman–Crippen MR) is 192 cm³/mol. The smallest absolute Gasteiger partial charge is 0.172 e. The summed E-state index contributed by atoms with van der Waals surface area (Å²) in [6.45, 7) is 0. The summed E-state index contributed by atoms with van der Waals surface area (Å²) in [5, 5.41) is 11.7. The van der Waals surface area contributed by atoms with Crippen molar-refractivity contribution in [1.29, 1.82) is 0 Å². The van der Waals surface area contributed by atoms with E-state index in [0.29, 0.717) is 0 Å². The molecule has 0 aliphatic heterocycles. The number of benzene rings is 9. The van der Waals surface area contributed by atoms with Crippen LogP contribution < -0.4 is 4.94 Å². The number of hydrogen-bond acceptors (Lipinski definition) is 1. The van der Waals surface area contributed by atoms with Gasteiger partial charge < -0.3 is 0 Å². The fraction of sp³-hybridized carbons (Fsp3) is 0. The van der Waals surface area contributed by atoms with Crippen LogP contribution in [0.15, 0.2) is 164 Å². The second-order valence-corrected chi connectivity index (χ2v) is 12.0. The Kier molecular flexibility index (Phi) is 6.07. The molecule has 9 aromatic carbocycles. The SMILES string of the molecule is FOc1ccc2cc(-c3ccc4c(-c5ccc6ccccc6c5)c5ccccc5c(-c5ccc6ccccc6c5)c4c3)ccc2c1. The van der Waals surface area contributed by atoms with E-state index >= 15 is 0 Å². The molecular formula is C44H27FO. The van der Waals surface area contributed by atoms with E-state index in [1.54, 1.807) is 12.1 Å². The Hall–Kier alpha value is -5.99. The van der Waals surface area contributed by atoms with Crippen molar-refractivity contribution in [1.82, 2.24) is 0 Å². The highest BCUT2D eigenvalue weighted by molar-refractivity contribution is 6.22. The molecule has 0 saturated heterocycles. The fourth-order valence-electron chi connectivity index (χ4n) is 7.12. The molecule has 0 saturated carbocycles. The molecule has 0 unspecified atom stereocenters. The first-order chi connectivity index (χ1) is 22.7. The average molecular weight is 591 g/mol. The third-order valence-electron chi connectivity index (χ3n) is 9.33. The Balaban J connectivity index is 1.36. The van der Waals surface area contributed by atoms with E-state index in [-0.39, 0.29) is 5.75 Å². The Morgan fingerprint density at radius 3 is 1.37 bits per heavy atom. The second kappa shape index (κ2) is 10.6. The van der Waals surface area contributed by atoms with Crippen molar-refractivity contribution in [3.8, 4) is 39.1 Å². The summed E-state index contributed by atoms with van der Waals surface area (Å²) < 4.78 is 12.9. The molecule has 0 aromatic heterocycles. The van der Waals surface area contributed by atoms with Gasteiger partial charge in [-0.3, -0.25) is 4.94 Å². The summed E-state index contributed by atoms with van der Waals surface area (Å²) in [6, 6.07) is 58.0. The van der Waals surface area contributed by atoms with Gasteiger partial charge in [0.15, 0.2) is 5.75 Å². The summed E-state index contributed by atoms with van der Waals surface area (Å²) in [5.41, 5.74) is 7.10. The zero-order valence-corrected chi connectivity index (χ0v) is 24.9. The molecule has 0 aliphatic rings. The van der Waals surface area contributed by atoms with Crippen LogP contribution in [0.4, 0.5) is 4.53 Å². The molecule has 0 fully saturated rings. The molecule has 0 aliphatic carbocycles. The number of halogens is 1. The van der Waals surface area contributed by atoms with Crippen molar-refractivity contribution in [2.45, 2.75) is 0 Å². The lowest BCUT2D eigenvalue weighted by Crippen LogP contribution is -1.92. The topological polar surface area (TPSA) is 9.23 Å². The monoisotopic (exact) mass is 590 g/mol. The maximum atomic E-state index is 12.9. The quantitative estimate of drug-likeness (QED) is 0.185. The number of rotatable bonds is 4. The van der Waals surface area contributed by atoms with Gasteiger partial charge in [-0.25, -0.2) is 0 Å². The van der Waals surface area contributed by atoms with Gasteiger partial charge in [0.25, 0.3) is 0 Å². The zero-order valence-electron chi connectivity index (χ0n) is 24.9. The van der Waals surface area contributed by atoms with E-state index in [0.717, 1.165) is 21.9 Å². The third-order valence-corrected chi connectivity index (χ3v) is 9.33. The van der Waals surface area contributed by atoms with Crippen LogP contribution in [0.1, 0.15) is 0 Å². The molecule has 0 spiro atoms. The maximum absolute atomic E-state index is 12.9. The molecular weight excluding hydrogens is 563 g/mol. The van der Waals surface area contributed by atoms with Gasteiger partial charge >= 0.3 is 0 Å². The van der Waals surface area contributed by atoms with Gasteiger partial charge in [0.05, 0.1) is 0 Å². The minimum Gasteiger partial charge on any atom is -0.294 e. The van der Waals surface area contributed by atoms with E-state index in [9.17, 15) is 4.53 Å². The Labute approximate surface area is 265 Å². The average Bonchev–Trinajstić information content (AvgIpc) is 3.12. The molecule has 0 bridgehead atoms. The molecule has 0 radical (unpaired) electrons. The molecule has 0 heterocycles. The van der Waals surface area contributed by atoms with Crippen LogP contribution in [0.5, 0.6) is 5.75 Å². The summed E-state index contributed by atoms with van der Waals surface area (Å²) in [4.78, 5) is 3.97. The fourth-order valence-corrected chi connectivity index (χ4v) is 7.12. The Morgan fingerprint density at radius 2 is 0.717 bits per heavy atom. The summed E-state index contributed by atoms with van der Waals surface area (Å²) in [6.07, 6.45) is 0. The summed E-state index contributed by atoms with van der Waals surface area (Å²) >= 11 is 0. The molecule has 0 atom stereocenters. The molecule has 9 rings (SSSR count). The van der Waals surface area contributed by atoms with Gasteiger partial charge in [-0.1, -0.05) is 127 Å². The van der Waals surface area contributed by atoms with Crippen LogP contribution in [0.2, 0.25) is 0 Å². The van der Waals surface area contributed by atoms with Crippen LogP contribution in [0.25, 0.3) is 87.2 Å². The lowest BCUT2D eigenvalue weighted by Gasteiger charge is -2.19. The lowest BCUT2D eigenvalue weighted by molar-refractivity contribution is -0.00603. The van der Waals surface area contributed by atoms with Gasteiger partial charge in [-0.15, -0.1) is 0 Å². The van der Waals surface area contributed by atoms with Crippen LogP contribution in [-0.4, -0.2) is 0 Å². The summed E-state index contributed by atoms with van der Waals surface area (Å²) in [5.74, 6) is 0.207. The number of hydrogen-bond donors (Lipinski definition) is 0. The minimum absolute atomic E-state index is 0.207. The van der Waals surface area contributed by atoms with Crippen LogP contribution in [0.3, 0.4) is 0 Å². The first-order valence-electron chi connectivity index (χ1n) is 15.5. The van der Waals surface area contributed by atoms with Gasteiger partial charge in [0.1, 0.15) is 0 Å². The van der Waals surface area contributed by atoms with Crippen molar-refractivity contribution in [2.24, 2.45) is 0 Å². The highest BCUT2D eigenvalue weighted by atomic mass is 19.3. The number of fused-ring (bicyclic) bond motifs is 5. The highest BCUT2D eigenvalue weighted by Gasteiger charge is 2.18. The van der Waals surface area contributed by atoms with Crippen molar-refractivity contribution < 1.29 is 9.47 Å². The largest absolute Gasteiger partial charge is 0.294 e. The molecule has 9 aromatic rings. The van der Waals surface area contributed by atoms with Crippen LogP contribution >= 0.6 is 0 Å². The summed E-state index contributed by atoms with van der Waals surface area (Å²) in [7, 11) is 0. The van der Waals surface area contributed by atoms with Crippen molar-refractivity contribution >= 4 is 53.9 Å². The molecule has 2 heteroatoms. The van der Waals surface area contributed by atoms with Gasteiger partial charge in [-0.05, 0) is 124 Å². The standard InChI is InChI=1S/C44H27FO/c45-46-38-21-19-33-23-32(15-16-34(33)26-38)35-20-22-41-42(27-35)44(37-18-14-29-8-2-4-10-31(29)25-37)40-12-6-5-11-39(40)43(41)36-17-13-28-7-1-3-9-30(28)24-36/h1-27H.